The summed E-state index contributed by atoms with van der Waals surface area (Å²) < 4.78 is 0. The number of carboxylic acid groups (broad SMARTS) is 1. The molecular formula is C9H16N2O2. The second-order valence-electron chi connectivity index (χ2n) is 4.29. The lowest BCUT2D eigenvalue weighted by molar-refractivity contribution is -0.144. The quantitative estimate of drug-likeness (QED) is 0.643. The van der Waals surface area contributed by atoms with Crippen molar-refractivity contribution in [2.45, 2.75) is 30.8 Å². The number of likely N-dealkylation sites (N-methyl/N-ethyl adjacent to an activating group) is 1. The molecule has 1 heterocycles. The third kappa shape index (κ3) is 1.69. The molecule has 2 rings (SSSR count). The van der Waals surface area contributed by atoms with Crippen molar-refractivity contribution in [2.24, 2.45) is 0 Å². The van der Waals surface area contributed by atoms with Crippen LogP contribution in [0.25, 0.3) is 0 Å². The van der Waals surface area contributed by atoms with E-state index in [9.17, 15) is 4.79 Å². The molecule has 4 nitrogen and oxygen atoms in total. The minimum absolute atomic E-state index is 0.461. The molecule has 0 spiro atoms. The molecule has 2 N–H and O–H groups in total. The van der Waals surface area contributed by atoms with Gasteiger partial charge in [-0.1, -0.05) is 0 Å². The predicted molar refractivity (Wildman–Crippen MR) is 48.6 cm³/mol. The van der Waals surface area contributed by atoms with E-state index in [4.69, 9.17) is 5.11 Å². The second-order valence-corrected chi connectivity index (χ2v) is 4.29. The molecule has 0 aromatic carbocycles. The molecule has 1 atom stereocenters. The van der Waals surface area contributed by atoms with Crippen molar-refractivity contribution in [1.29, 1.82) is 0 Å². The number of nitrogens with zero attached hydrogens (tertiary/aromatic N) is 1. The molecule has 0 aromatic rings. The number of carboxylic acids is 1. The summed E-state index contributed by atoms with van der Waals surface area (Å²) in [5.74, 6) is -0.691. The monoisotopic (exact) mass is 184 g/mol. The Morgan fingerprint density at radius 1 is 1.62 bits per heavy atom. The van der Waals surface area contributed by atoms with E-state index >= 15 is 0 Å². The van der Waals surface area contributed by atoms with Gasteiger partial charge in [0.2, 0.25) is 0 Å². The van der Waals surface area contributed by atoms with Crippen LogP contribution in [0, 0.1) is 0 Å². The molecule has 0 radical (unpaired) electrons. The van der Waals surface area contributed by atoms with Crippen LogP contribution in [0.4, 0.5) is 0 Å². The van der Waals surface area contributed by atoms with E-state index in [2.05, 4.69) is 10.2 Å². The zero-order valence-corrected chi connectivity index (χ0v) is 7.92. The Morgan fingerprint density at radius 3 is 2.69 bits per heavy atom. The number of hydrogen-bond acceptors (Lipinski definition) is 3. The van der Waals surface area contributed by atoms with Crippen LogP contribution in [0.2, 0.25) is 0 Å². The van der Waals surface area contributed by atoms with Gasteiger partial charge in [-0.2, -0.15) is 0 Å². The fourth-order valence-corrected chi connectivity index (χ4v) is 1.97. The summed E-state index contributed by atoms with van der Waals surface area (Å²) in [6.07, 6.45) is 3.01. The maximum Gasteiger partial charge on any atom is 0.325 e. The van der Waals surface area contributed by atoms with Gasteiger partial charge in [-0.3, -0.25) is 10.1 Å². The largest absolute Gasteiger partial charge is 0.480 e. The highest BCUT2D eigenvalue weighted by molar-refractivity contribution is 5.79. The molecule has 4 heteroatoms. The first-order valence-corrected chi connectivity index (χ1v) is 4.82. The Kier molecular flexibility index (Phi) is 2.04. The third-order valence-electron chi connectivity index (χ3n) is 2.93. The summed E-state index contributed by atoms with van der Waals surface area (Å²) >= 11 is 0. The highest BCUT2D eigenvalue weighted by Gasteiger charge is 2.46. The molecule has 1 unspecified atom stereocenters. The molecule has 1 aliphatic carbocycles. The van der Waals surface area contributed by atoms with Crippen molar-refractivity contribution >= 4 is 5.97 Å². The normalized spacial score (nSPS) is 35.2. The van der Waals surface area contributed by atoms with Gasteiger partial charge in [0.25, 0.3) is 0 Å². The van der Waals surface area contributed by atoms with Crippen molar-refractivity contribution in [3.05, 3.63) is 0 Å². The summed E-state index contributed by atoms with van der Waals surface area (Å²) in [4.78, 5) is 13.2. The zero-order valence-electron chi connectivity index (χ0n) is 7.92. The van der Waals surface area contributed by atoms with Crippen LogP contribution in [-0.4, -0.2) is 47.7 Å². The number of likely N-dealkylation sites (tertiary alicyclic amines) is 1. The number of rotatable bonds is 3. The van der Waals surface area contributed by atoms with Crippen molar-refractivity contribution in [1.82, 2.24) is 10.2 Å². The summed E-state index contributed by atoms with van der Waals surface area (Å²) in [5.41, 5.74) is -0.657. The average molecular weight is 184 g/mol. The fraction of sp³-hybridized carbons (Fsp3) is 0.889. The van der Waals surface area contributed by atoms with Crippen LogP contribution in [-0.2, 0) is 4.79 Å². The molecule has 74 valence electrons. The van der Waals surface area contributed by atoms with E-state index in [1.165, 1.54) is 0 Å². The maximum atomic E-state index is 11.1. The second kappa shape index (κ2) is 2.96. The third-order valence-corrected chi connectivity index (χ3v) is 2.93. The van der Waals surface area contributed by atoms with Crippen LogP contribution in [0.5, 0.6) is 0 Å². The Labute approximate surface area is 77.9 Å². The first-order chi connectivity index (χ1) is 6.12. The highest BCUT2D eigenvalue weighted by Crippen LogP contribution is 2.27. The van der Waals surface area contributed by atoms with E-state index in [1.807, 2.05) is 7.05 Å². The molecule has 1 saturated heterocycles. The van der Waals surface area contributed by atoms with Crippen LogP contribution in [0.1, 0.15) is 19.3 Å². The lowest BCUT2D eigenvalue weighted by Crippen LogP contribution is -2.54. The first-order valence-electron chi connectivity index (χ1n) is 4.82. The van der Waals surface area contributed by atoms with E-state index in [0.717, 1.165) is 25.8 Å². The lowest BCUT2D eigenvalue weighted by atomic mass is 9.99. The summed E-state index contributed by atoms with van der Waals surface area (Å²) in [5, 5.41) is 12.4. The van der Waals surface area contributed by atoms with Crippen molar-refractivity contribution in [3.8, 4) is 0 Å². The Morgan fingerprint density at radius 2 is 2.31 bits per heavy atom. The van der Waals surface area contributed by atoms with Crippen molar-refractivity contribution in [3.63, 3.8) is 0 Å². The van der Waals surface area contributed by atoms with Gasteiger partial charge in [-0.05, 0) is 26.3 Å². The van der Waals surface area contributed by atoms with Gasteiger partial charge in [0.1, 0.15) is 5.54 Å². The molecule has 1 aliphatic heterocycles. The minimum Gasteiger partial charge on any atom is -0.480 e. The summed E-state index contributed by atoms with van der Waals surface area (Å²) in [7, 11) is 1.97. The van der Waals surface area contributed by atoms with Gasteiger partial charge in [0.15, 0.2) is 0 Å². The number of hydrogen-bond donors (Lipinski definition) is 2. The van der Waals surface area contributed by atoms with Gasteiger partial charge < -0.3 is 10.0 Å². The first kappa shape index (κ1) is 8.97. The van der Waals surface area contributed by atoms with Gasteiger partial charge in [0, 0.05) is 19.1 Å². The van der Waals surface area contributed by atoms with E-state index in [-0.39, 0.29) is 0 Å². The molecule has 2 aliphatic rings. The smallest absolute Gasteiger partial charge is 0.325 e. The van der Waals surface area contributed by atoms with Gasteiger partial charge in [-0.15, -0.1) is 0 Å². The van der Waals surface area contributed by atoms with E-state index < -0.39 is 11.5 Å². The summed E-state index contributed by atoms with van der Waals surface area (Å²) in [6, 6.07) is 0.461. The van der Waals surface area contributed by atoms with Crippen LogP contribution >= 0.6 is 0 Å². The SMILES string of the molecule is CN1CCC(NC2CC2)(C(=O)O)C1. The highest BCUT2D eigenvalue weighted by atomic mass is 16.4. The maximum absolute atomic E-state index is 11.1. The van der Waals surface area contributed by atoms with Gasteiger partial charge >= 0.3 is 5.97 Å². The molecular weight excluding hydrogens is 168 g/mol. The number of carbonyl (C=O) groups is 1. The molecule has 1 saturated carbocycles. The zero-order chi connectivity index (χ0) is 9.47. The number of aliphatic carboxylic acids is 1. The van der Waals surface area contributed by atoms with Crippen LogP contribution in [0.15, 0.2) is 0 Å². The van der Waals surface area contributed by atoms with E-state index in [0.29, 0.717) is 12.6 Å². The molecule has 13 heavy (non-hydrogen) atoms. The lowest BCUT2D eigenvalue weighted by Gasteiger charge is -2.25. The Balaban J connectivity index is 2.05. The number of nitrogens with one attached hydrogen (secondary N) is 1. The molecule has 0 aromatic heterocycles. The average Bonchev–Trinajstić information content (AvgIpc) is 2.76. The minimum atomic E-state index is -0.691. The topological polar surface area (TPSA) is 52.6 Å². The Bertz CT molecular complexity index is 228. The van der Waals surface area contributed by atoms with Gasteiger partial charge in [-0.25, -0.2) is 0 Å². The fourth-order valence-electron chi connectivity index (χ4n) is 1.97. The standard InChI is InChI=1S/C9H16N2O2/c1-11-5-4-9(6-11,8(12)13)10-7-2-3-7/h7,10H,2-6H2,1H3,(H,12,13). The van der Waals surface area contributed by atoms with Crippen LogP contribution in [0.3, 0.4) is 0 Å². The summed E-state index contributed by atoms with van der Waals surface area (Å²) in [6.45, 7) is 1.52. The van der Waals surface area contributed by atoms with E-state index in [1.54, 1.807) is 0 Å². The van der Waals surface area contributed by atoms with Crippen molar-refractivity contribution < 1.29 is 9.90 Å². The van der Waals surface area contributed by atoms with Crippen molar-refractivity contribution in [2.75, 3.05) is 20.1 Å². The van der Waals surface area contributed by atoms with Gasteiger partial charge in [0.05, 0.1) is 0 Å². The van der Waals surface area contributed by atoms with Crippen LogP contribution < -0.4 is 5.32 Å². The molecule has 2 fully saturated rings. The predicted octanol–water partition coefficient (Wildman–Crippen LogP) is -0.103. The Hall–Kier alpha value is -0.610. The molecule has 0 amide bonds. The molecule has 0 bridgehead atoms.